The Morgan fingerprint density at radius 1 is 1.11 bits per heavy atom. The zero-order valence-corrected chi connectivity index (χ0v) is 15.3. The van der Waals surface area contributed by atoms with Crippen molar-refractivity contribution in [3.8, 4) is 0 Å². The smallest absolute Gasteiger partial charge is 0.260 e. The highest BCUT2D eigenvalue weighted by Gasteiger charge is 2.26. The molecule has 0 spiro atoms. The normalized spacial score (nSPS) is 16.8. The summed E-state index contributed by atoms with van der Waals surface area (Å²) in [6.07, 6.45) is 7.68. The van der Waals surface area contributed by atoms with Crippen LogP contribution in [0.3, 0.4) is 0 Å². The third-order valence-electron chi connectivity index (χ3n) is 5.59. The summed E-state index contributed by atoms with van der Waals surface area (Å²) in [7, 11) is 0. The van der Waals surface area contributed by atoms with Gasteiger partial charge in [0.2, 0.25) is 6.08 Å². The summed E-state index contributed by atoms with van der Waals surface area (Å²) in [5, 5.41) is 3.31. The van der Waals surface area contributed by atoms with E-state index in [2.05, 4.69) is 10.3 Å². The Morgan fingerprint density at radius 3 is 2.74 bits per heavy atom. The van der Waals surface area contributed by atoms with Crippen molar-refractivity contribution in [2.24, 2.45) is 4.99 Å². The summed E-state index contributed by atoms with van der Waals surface area (Å²) in [5.74, 6) is 0.358. The van der Waals surface area contributed by atoms with Gasteiger partial charge in [-0.1, -0.05) is 37.5 Å². The van der Waals surface area contributed by atoms with Crippen molar-refractivity contribution < 1.29 is 9.59 Å². The molecule has 1 saturated carbocycles. The van der Waals surface area contributed by atoms with Crippen molar-refractivity contribution in [2.45, 2.75) is 38.0 Å². The van der Waals surface area contributed by atoms with Crippen LogP contribution < -0.4 is 10.2 Å². The molecule has 2 aliphatic rings. The lowest BCUT2D eigenvalue weighted by Crippen LogP contribution is -2.38. The van der Waals surface area contributed by atoms with Crippen LogP contribution in [0.2, 0.25) is 0 Å². The Balaban J connectivity index is 1.68. The van der Waals surface area contributed by atoms with Crippen molar-refractivity contribution in [2.75, 3.05) is 23.3 Å². The van der Waals surface area contributed by atoms with Crippen LogP contribution in [0.1, 0.15) is 53.9 Å². The van der Waals surface area contributed by atoms with Gasteiger partial charge in [-0.2, -0.15) is 4.99 Å². The Labute approximate surface area is 159 Å². The van der Waals surface area contributed by atoms with E-state index in [9.17, 15) is 9.59 Å². The second kappa shape index (κ2) is 7.77. The molecule has 2 aromatic rings. The van der Waals surface area contributed by atoms with E-state index < -0.39 is 0 Å². The average molecular weight is 361 g/mol. The zero-order chi connectivity index (χ0) is 18.6. The Bertz CT molecular complexity index is 896. The predicted octanol–water partition coefficient (Wildman–Crippen LogP) is 4.77. The lowest BCUT2D eigenvalue weighted by molar-refractivity contribution is 0.0988. The summed E-state index contributed by atoms with van der Waals surface area (Å²) in [4.78, 5) is 29.9. The van der Waals surface area contributed by atoms with Crippen LogP contribution in [-0.4, -0.2) is 25.1 Å². The topological polar surface area (TPSA) is 61.8 Å². The minimum Gasteiger partial charge on any atom is -0.382 e. The van der Waals surface area contributed by atoms with E-state index in [1.807, 2.05) is 42.5 Å². The molecule has 4 rings (SSSR count). The third-order valence-corrected chi connectivity index (χ3v) is 5.59. The Kier molecular flexibility index (Phi) is 5.03. The first-order chi connectivity index (χ1) is 13.3. The highest BCUT2D eigenvalue weighted by Crippen LogP contribution is 2.36. The summed E-state index contributed by atoms with van der Waals surface area (Å²) in [5.41, 5.74) is 3.84. The zero-order valence-electron chi connectivity index (χ0n) is 15.3. The fraction of sp³-hybridized carbons (Fsp3) is 0.364. The first-order valence-electron chi connectivity index (χ1n) is 9.64. The SMILES string of the molecule is O=C=Nc1cc(C2CCCCC2)ccc1C(=O)N1CCNc2ccccc21. The van der Waals surface area contributed by atoms with Crippen LogP contribution >= 0.6 is 0 Å². The Hall–Kier alpha value is -2.91. The number of hydrogen-bond acceptors (Lipinski definition) is 4. The van der Waals surface area contributed by atoms with Gasteiger partial charge in [0.05, 0.1) is 22.6 Å². The second-order valence-corrected chi connectivity index (χ2v) is 7.22. The maximum absolute atomic E-state index is 13.3. The summed E-state index contributed by atoms with van der Waals surface area (Å²) in [6, 6.07) is 13.5. The number of rotatable bonds is 3. The highest BCUT2D eigenvalue weighted by molar-refractivity contribution is 6.11. The number of nitrogens with one attached hydrogen (secondary N) is 1. The largest absolute Gasteiger partial charge is 0.382 e. The number of amides is 1. The molecule has 1 heterocycles. The number of isocyanates is 1. The number of aliphatic imine (C=N–C) groups is 1. The van der Waals surface area contributed by atoms with E-state index in [1.54, 1.807) is 11.0 Å². The van der Waals surface area contributed by atoms with Crippen LogP contribution in [-0.2, 0) is 4.79 Å². The summed E-state index contributed by atoms with van der Waals surface area (Å²) < 4.78 is 0. The molecule has 27 heavy (non-hydrogen) atoms. The molecular weight excluding hydrogens is 338 g/mol. The molecule has 0 saturated heterocycles. The molecule has 0 unspecified atom stereocenters. The van der Waals surface area contributed by atoms with Crippen LogP contribution in [0.25, 0.3) is 0 Å². The van der Waals surface area contributed by atoms with Gasteiger partial charge in [-0.05, 0) is 48.6 Å². The minimum atomic E-state index is -0.131. The molecule has 0 bridgehead atoms. The lowest BCUT2D eigenvalue weighted by Gasteiger charge is -2.30. The maximum atomic E-state index is 13.3. The molecule has 5 heteroatoms. The van der Waals surface area contributed by atoms with Crippen LogP contribution in [0.4, 0.5) is 17.1 Å². The fourth-order valence-corrected chi connectivity index (χ4v) is 4.20. The highest BCUT2D eigenvalue weighted by atomic mass is 16.2. The van der Waals surface area contributed by atoms with Gasteiger partial charge in [0.15, 0.2) is 0 Å². The molecule has 0 atom stereocenters. The van der Waals surface area contributed by atoms with Gasteiger partial charge >= 0.3 is 0 Å². The number of carbonyl (C=O) groups excluding carboxylic acids is 2. The molecule has 5 nitrogen and oxygen atoms in total. The maximum Gasteiger partial charge on any atom is 0.260 e. The molecule has 1 aliphatic heterocycles. The van der Waals surface area contributed by atoms with E-state index in [0.29, 0.717) is 30.3 Å². The van der Waals surface area contributed by atoms with Gasteiger partial charge in [-0.25, -0.2) is 4.79 Å². The molecule has 138 valence electrons. The van der Waals surface area contributed by atoms with Crippen LogP contribution in [0.15, 0.2) is 47.5 Å². The van der Waals surface area contributed by atoms with Gasteiger partial charge in [0.25, 0.3) is 5.91 Å². The van der Waals surface area contributed by atoms with Gasteiger partial charge < -0.3 is 10.2 Å². The van der Waals surface area contributed by atoms with E-state index in [4.69, 9.17) is 0 Å². The number of para-hydroxylation sites is 2. The first-order valence-corrected chi connectivity index (χ1v) is 9.64. The standard InChI is InChI=1S/C22H23N3O2/c26-15-24-20-14-17(16-6-2-1-3-7-16)10-11-18(20)22(27)25-13-12-23-19-8-4-5-9-21(19)25/h4-5,8-11,14,16,23H,1-3,6-7,12-13H2. The van der Waals surface area contributed by atoms with Crippen molar-refractivity contribution in [3.63, 3.8) is 0 Å². The number of anilines is 2. The molecule has 1 aliphatic carbocycles. The van der Waals surface area contributed by atoms with E-state index >= 15 is 0 Å². The number of carbonyl (C=O) groups is 1. The lowest BCUT2D eigenvalue weighted by atomic mass is 9.83. The van der Waals surface area contributed by atoms with Crippen molar-refractivity contribution in [3.05, 3.63) is 53.6 Å². The quantitative estimate of drug-likeness (QED) is 0.632. The fourth-order valence-electron chi connectivity index (χ4n) is 4.20. The molecule has 1 fully saturated rings. The van der Waals surface area contributed by atoms with Crippen molar-refractivity contribution in [1.82, 2.24) is 0 Å². The summed E-state index contributed by atoms with van der Waals surface area (Å²) >= 11 is 0. The third kappa shape index (κ3) is 3.51. The predicted molar refractivity (Wildman–Crippen MR) is 107 cm³/mol. The van der Waals surface area contributed by atoms with E-state index in [-0.39, 0.29) is 5.91 Å². The van der Waals surface area contributed by atoms with E-state index in [0.717, 1.165) is 24.2 Å². The van der Waals surface area contributed by atoms with Crippen molar-refractivity contribution >= 4 is 29.0 Å². The molecule has 0 radical (unpaired) electrons. The number of benzene rings is 2. The van der Waals surface area contributed by atoms with Gasteiger partial charge in [0.1, 0.15) is 0 Å². The molecule has 1 amide bonds. The molecule has 2 aromatic carbocycles. The summed E-state index contributed by atoms with van der Waals surface area (Å²) in [6.45, 7) is 1.26. The van der Waals surface area contributed by atoms with E-state index in [1.165, 1.54) is 24.8 Å². The van der Waals surface area contributed by atoms with Gasteiger partial charge in [0, 0.05) is 13.1 Å². The number of hydrogen-bond donors (Lipinski definition) is 1. The van der Waals surface area contributed by atoms with Gasteiger partial charge in [-0.3, -0.25) is 4.79 Å². The number of fused-ring (bicyclic) bond motifs is 1. The monoisotopic (exact) mass is 361 g/mol. The molecule has 1 N–H and O–H groups in total. The van der Waals surface area contributed by atoms with Crippen LogP contribution in [0, 0.1) is 0 Å². The van der Waals surface area contributed by atoms with Crippen LogP contribution in [0.5, 0.6) is 0 Å². The minimum absolute atomic E-state index is 0.131. The van der Waals surface area contributed by atoms with Gasteiger partial charge in [-0.15, -0.1) is 0 Å². The molecule has 0 aromatic heterocycles. The second-order valence-electron chi connectivity index (χ2n) is 7.22. The first kappa shape index (κ1) is 17.5. The molecular formula is C22H23N3O2. The average Bonchev–Trinajstić information content (AvgIpc) is 2.74. The Morgan fingerprint density at radius 2 is 1.93 bits per heavy atom. The number of nitrogens with zero attached hydrogens (tertiary/aromatic N) is 2. The van der Waals surface area contributed by atoms with Crippen molar-refractivity contribution in [1.29, 1.82) is 0 Å².